The largest absolute Gasteiger partial charge is 0.386 e. The number of hydrogen-bond acceptors (Lipinski definition) is 7. The lowest BCUT2D eigenvalue weighted by Crippen LogP contribution is -2.15. The summed E-state index contributed by atoms with van der Waals surface area (Å²) in [6.45, 7) is 9.69. The summed E-state index contributed by atoms with van der Waals surface area (Å²) in [5.74, 6) is 0.795. The van der Waals surface area contributed by atoms with Crippen molar-refractivity contribution in [3.05, 3.63) is 53.0 Å². The van der Waals surface area contributed by atoms with Gasteiger partial charge < -0.3 is 10.4 Å². The number of aromatic nitrogens is 4. The molecule has 4 rings (SSSR count). The highest BCUT2D eigenvalue weighted by Crippen LogP contribution is 2.37. The van der Waals surface area contributed by atoms with E-state index in [1.807, 2.05) is 31.2 Å². The van der Waals surface area contributed by atoms with Crippen molar-refractivity contribution in [1.29, 1.82) is 0 Å². The summed E-state index contributed by atoms with van der Waals surface area (Å²) in [5.41, 5.74) is 4.10. The molecule has 0 saturated heterocycles. The third-order valence-corrected chi connectivity index (χ3v) is 6.20. The average molecular weight is 394 g/mol. The second-order valence-corrected chi connectivity index (χ2v) is 8.64. The summed E-state index contributed by atoms with van der Waals surface area (Å²) >= 11 is 1.56. The molecule has 144 valence electrons. The first-order valence-corrected chi connectivity index (χ1v) is 10.0. The fourth-order valence-corrected chi connectivity index (χ4v) is 4.34. The Hall–Kier alpha value is -2.64. The molecular formula is C21H23N5OS. The van der Waals surface area contributed by atoms with Crippen molar-refractivity contribution in [3.8, 4) is 0 Å². The molecular weight excluding hydrogens is 370 g/mol. The van der Waals surface area contributed by atoms with Crippen LogP contribution in [0, 0.1) is 13.8 Å². The quantitative estimate of drug-likeness (QED) is 0.525. The first kappa shape index (κ1) is 18.7. The number of rotatable bonds is 4. The molecule has 0 bridgehead atoms. The van der Waals surface area contributed by atoms with Crippen molar-refractivity contribution >= 4 is 37.6 Å². The second-order valence-electron chi connectivity index (χ2n) is 7.64. The van der Waals surface area contributed by atoms with Crippen molar-refractivity contribution in [3.63, 3.8) is 0 Å². The second kappa shape index (κ2) is 6.76. The van der Waals surface area contributed by atoms with E-state index < -0.39 is 5.60 Å². The maximum absolute atomic E-state index is 10.1. The lowest BCUT2D eigenvalue weighted by molar-refractivity contribution is 0.0786. The van der Waals surface area contributed by atoms with Gasteiger partial charge in [0, 0.05) is 11.4 Å². The van der Waals surface area contributed by atoms with Gasteiger partial charge in [0.1, 0.15) is 17.0 Å². The number of hydrogen-bond donors (Lipinski definition) is 2. The number of anilines is 1. The fourth-order valence-electron chi connectivity index (χ4n) is 3.25. The zero-order chi connectivity index (χ0) is 20.1. The van der Waals surface area contributed by atoms with Crippen LogP contribution >= 0.6 is 11.3 Å². The molecule has 3 heterocycles. The predicted octanol–water partition coefficient (Wildman–Crippen LogP) is 4.65. The molecule has 0 spiro atoms. The molecule has 0 radical (unpaired) electrons. The van der Waals surface area contributed by atoms with Gasteiger partial charge in [-0.2, -0.15) is 5.10 Å². The molecule has 2 N–H and O–H groups in total. The summed E-state index contributed by atoms with van der Waals surface area (Å²) in [5, 5.41) is 23.3. The summed E-state index contributed by atoms with van der Waals surface area (Å²) in [6.07, 6.45) is 1.59. The molecule has 0 aliphatic carbocycles. The van der Waals surface area contributed by atoms with Crippen LogP contribution in [0.15, 0.2) is 30.6 Å². The van der Waals surface area contributed by atoms with Gasteiger partial charge in [-0.1, -0.05) is 24.3 Å². The molecule has 6 nitrogen and oxygen atoms in total. The van der Waals surface area contributed by atoms with Gasteiger partial charge in [-0.25, -0.2) is 9.97 Å². The zero-order valence-corrected chi connectivity index (χ0v) is 17.4. The highest BCUT2D eigenvalue weighted by atomic mass is 32.1. The van der Waals surface area contributed by atoms with Gasteiger partial charge >= 0.3 is 0 Å². The van der Waals surface area contributed by atoms with E-state index in [0.29, 0.717) is 0 Å². The van der Waals surface area contributed by atoms with E-state index in [1.165, 1.54) is 0 Å². The Morgan fingerprint density at radius 3 is 2.46 bits per heavy atom. The maximum Gasteiger partial charge on any atom is 0.149 e. The molecule has 0 fully saturated rings. The summed E-state index contributed by atoms with van der Waals surface area (Å²) in [7, 11) is 0. The minimum absolute atomic E-state index is 0.0492. The molecule has 1 atom stereocenters. The third kappa shape index (κ3) is 3.21. The van der Waals surface area contributed by atoms with Crippen LogP contribution in [0.1, 0.15) is 49.2 Å². The van der Waals surface area contributed by atoms with Gasteiger partial charge in [0.25, 0.3) is 0 Å². The summed E-state index contributed by atoms with van der Waals surface area (Å²) in [4.78, 5) is 9.87. The van der Waals surface area contributed by atoms with Crippen LogP contribution in [0.25, 0.3) is 20.4 Å². The van der Waals surface area contributed by atoms with E-state index in [2.05, 4.69) is 39.3 Å². The minimum atomic E-state index is -0.845. The molecule has 1 unspecified atom stereocenters. The van der Waals surface area contributed by atoms with Gasteiger partial charge in [0.15, 0.2) is 0 Å². The predicted molar refractivity (Wildman–Crippen MR) is 114 cm³/mol. The Balaban J connectivity index is 1.71. The maximum atomic E-state index is 10.1. The number of fused-ring (bicyclic) bond motifs is 3. The standard InChI is InChI=1S/C21H23N5OS/c1-11-12(2)25-26-20-16(11)17-18(28-20)19(23-10-22-17)24-13(3)14-6-8-15(9-7-14)21(4,5)27/h6-10,13,27H,1-5H3,(H,22,23,24). The van der Waals surface area contributed by atoms with Crippen molar-refractivity contribution < 1.29 is 5.11 Å². The van der Waals surface area contributed by atoms with Crippen molar-refractivity contribution in [1.82, 2.24) is 20.2 Å². The number of benzene rings is 1. The first-order chi connectivity index (χ1) is 13.3. The zero-order valence-electron chi connectivity index (χ0n) is 16.6. The fraction of sp³-hybridized carbons (Fsp3) is 0.333. The van der Waals surface area contributed by atoms with Crippen LogP contribution < -0.4 is 5.32 Å². The first-order valence-electron chi connectivity index (χ1n) is 9.22. The lowest BCUT2D eigenvalue weighted by Gasteiger charge is -2.20. The third-order valence-electron chi connectivity index (χ3n) is 5.13. The van der Waals surface area contributed by atoms with Gasteiger partial charge in [-0.3, -0.25) is 0 Å². The van der Waals surface area contributed by atoms with Crippen LogP contribution in [-0.4, -0.2) is 25.3 Å². The average Bonchev–Trinajstić information content (AvgIpc) is 3.04. The summed E-state index contributed by atoms with van der Waals surface area (Å²) < 4.78 is 0.987. The molecule has 0 aliphatic rings. The molecule has 0 aliphatic heterocycles. The van der Waals surface area contributed by atoms with E-state index in [9.17, 15) is 5.11 Å². The Kier molecular flexibility index (Phi) is 4.51. The van der Waals surface area contributed by atoms with Gasteiger partial charge in [-0.15, -0.1) is 16.4 Å². The molecule has 7 heteroatoms. The molecule has 0 saturated carbocycles. The molecule has 4 aromatic rings. The number of thiophene rings is 1. The normalized spacial score (nSPS) is 13.2. The number of nitrogens with zero attached hydrogens (tertiary/aromatic N) is 4. The van der Waals surface area contributed by atoms with Gasteiger partial charge in [0.2, 0.25) is 0 Å². The van der Waals surface area contributed by atoms with Crippen molar-refractivity contribution in [2.24, 2.45) is 0 Å². The van der Waals surface area contributed by atoms with Gasteiger partial charge in [0.05, 0.1) is 21.5 Å². The topological polar surface area (TPSA) is 83.8 Å². The number of aliphatic hydroxyl groups is 1. The van der Waals surface area contributed by atoms with Crippen LogP contribution in [0.3, 0.4) is 0 Å². The Labute approximate surface area is 167 Å². The van der Waals surface area contributed by atoms with Crippen LogP contribution in [0.4, 0.5) is 5.82 Å². The smallest absolute Gasteiger partial charge is 0.149 e. The highest BCUT2D eigenvalue weighted by molar-refractivity contribution is 7.25. The van der Waals surface area contributed by atoms with E-state index in [0.717, 1.165) is 48.6 Å². The van der Waals surface area contributed by atoms with Crippen LogP contribution in [0.2, 0.25) is 0 Å². The van der Waals surface area contributed by atoms with Crippen LogP contribution in [-0.2, 0) is 5.60 Å². The van der Waals surface area contributed by atoms with E-state index >= 15 is 0 Å². The monoisotopic (exact) mass is 393 g/mol. The number of aryl methyl sites for hydroxylation is 2. The Morgan fingerprint density at radius 1 is 1.07 bits per heavy atom. The Morgan fingerprint density at radius 2 is 1.79 bits per heavy atom. The minimum Gasteiger partial charge on any atom is -0.386 e. The van der Waals surface area contributed by atoms with Crippen molar-refractivity contribution in [2.45, 2.75) is 46.3 Å². The van der Waals surface area contributed by atoms with E-state index in [4.69, 9.17) is 0 Å². The van der Waals surface area contributed by atoms with Gasteiger partial charge in [-0.05, 0) is 51.3 Å². The number of nitrogens with one attached hydrogen (secondary N) is 1. The molecule has 0 amide bonds. The molecule has 28 heavy (non-hydrogen) atoms. The highest BCUT2D eigenvalue weighted by Gasteiger charge is 2.18. The van der Waals surface area contributed by atoms with E-state index in [1.54, 1.807) is 31.5 Å². The molecule has 3 aromatic heterocycles. The molecule has 1 aromatic carbocycles. The SMILES string of the molecule is Cc1nnc2sc3c(NC(C)c4ccc(C(C)(C)O)cc4)ncnc3c2c1C. The van der Waals surface area contributed by atoms with Crippen LogP contribution in [0.5, 0.6) is 0 Å². The summed E-state index contributed by atoms with van der Waals surface area (Å²) in [6, 6.07) is 8.04. The van der Waals surface area contributed by atoms with Crippen molar-refractivity contribution in [2.75, 3.05) is 5.32 Å². The lowest BCUT2D eigenvalue weighted by atomic mass is 9.96. The van der Waals surface area contributed by atoms with E-state index in [-0.39, 0.29) is 6.04 Å². The Bertz CT molecular complexity index is 1160.